The van der Waals surface area contributed by atoms with E-state index in [1.54, 1.807) is 0 Å². The molecule has 0 aliphatic carbocycles. The van der Waals surface area contributed by atoms with Crippen LogP contribution in [-0.4, -0.2) is 54.4 Å². The Hall–Kier alpha value is -2.82. The van der Waals surface area contributed by atoms with Crippen LogP contribution in [-0.2, 0) is 0 Å². The van der Waals surface area contributed by atoms with E-state index in [2.05, 4.69) is 0 Å². The Morgan fingerprint density at radius 1 is 0.900 bits per heavy atom. The maximum atomic E-state index is 12.8. The fraction of sp³-hybridized carbons (Fsp3) is 0.440. The lowest BCUT2D eigenvalue weighted by Crippen LogP contribution is -2.41. The normalized spacial score (nSPS) is 19.0. The summed E-state index contributed by atoms with van der Waals surface area (Å²) < 4.78 is 6.00. The second kappa shape index (κ2) is 9.33. The summed E-state index contributed by atoms with van der Waals surface area (Å²) in [7, 11) is 0. The topological polar surface area (TPSA) is 49.9 Å². The number of ether oxygens (including phenoxy) is 1. The Morgan fingerprint density at radius 2 is 1.60 bits per heavy atom. The van der Waals surface area contributed by atoms with Crippen LogP contribution in [0.25, 0.3) is 0 Å². The molecular formula is C25H30N2O3. The standard InChI is InChI=1S/C25H30N2O3/c1-19-6-4-8-22(16-19)25(29)27-15-5-7-20(17-27)18-30-23-11-9-21(10-12-23)24(28)26-13-2-3-14-26/h4,6,8-12,16,20H,2-3,5,7,13-15,17-18H2,1H3/t20-/m0/s1. The molecule has 2 aromatic carbocycles. The maximum Gasteiger partial charge on any atom is 0.253 e. The molecule has 1 atom stereocenters. The number of piperidine rings is 1. The number of hydrogen-bond donors (Lipinski definition) is 0. The van der Waals surface area contributed by atoms with Gasteiger partial charge < -0.3 is 14.5 Å². The van der Waals surface area contributed by atoms with Crippen molar-refractivity contribution in [2.24, 2.45) is 5.92 Å². The molecule has 2 aromatic rings. The van der Waals surface area contributed by atoms with Gasteiger partial charge in [-0.1, -0.05) is 17.7 Å². The van der Waals surface area contributed by atoms with Crippen LogP contribution in [0.5, 0.6) is 5.75 Å². The Morgan fingerprint density at radius 3 is 2.33 bits per heavy atom. The molecule has 0 bridgehead atoms. The molecule has 2 heterocycles. The molecule has 0 radical (unpaired) electrons. The lowest BCUT2D eigenvalue weighted by molar-refractivity contribution is 0.0633. The van der Waals surface area contributed by atoms with Crippen LogP contribution < -0.4 is 4.74 Å². The van der Waals surface area contributed by atoms with E-state index in [-0.39, 0.29) is 11.8 Å². The SMILES string of the molecule is Cc1cccc(C(=O)N2CCC[C@H](COc3ccc(C(=O)N4CCCC4)cc3)C2)c1. The average Bonchev–Trinajstić information content (AvgIpc) is 3.32. The molecule has 0 N–H and O–H groups in total. The van der Waals surface area contributed by atoms with E-state index in [4.69, 9.17) is 4.74 Å². The van der Waals surface area contributed by atoms with Crippen LogP contribution in [0, 0.1) is 12.8 Å². The molecule has 2 fully saturated rings. The molecule has 2 aliphatic rings. The highest BCUT2D eigenvalue weighted by molar-refractivity contribution is 5.95. The molecule has 4 rings (SSSR count). The Labute approximate surface area is 178 Å². The molecule has 2 saturated heterocycles. The van der Waals surface area contributed by atoms with E-state index in [9.17, 15) is 9.59 Å². The number of amides is 2. The van der Waals surface area contributed by atoms with Crippen molar-refractivity contribution in [3.05, 3.63) is 65.2 Å². The third-order valence-electron chi connectivity index (χ3n) is 6.05. The maximum absolute atomic E-state index is 12.8. The fourth-order valence-electron chi connectivity index (χ4n) is 4.36. The van der Waals surface area contributed by atoms with E-state index in [1.165, 1.54) is 0 Å². The minimum Gasteiger partial charge on any atom is -0.493 e. The van der Waals surface area contributed by atoms with Crippen LogP contribution in [0.4, 0.5) is 0 Å². The van der Waals surface area contributed by atoms with Gasteiger partial charge in [-0.25, -0.2) is 0 Å². The smallest absolute Gasteiger partial charge is 0.253 e. The molecule has 30 heavy (non-hydrogen) atoms. The summed E-state index contributed by atoms with van der Waals surface area (Å²) in [6.45, 7) is 5.83. The first kappa shape index (κ1) is 20.5. The van der Waals surface area contributed by atoms with Gasteiger partial charge in [-0.3, -0.25) is 9.59 Å². The summed E-state index contributed by atoms with van der Waals surface area (Å²) >= 11 is 0. The van der Waals surface area contributed by atoms with Crippen LogP contribution in [0.1, 0.15) is 52.0 Å². The molecule has 0 saturated carbocycles. The summed E-state index contributed by atoms with van der Waals surface area (Å²) in [5.41, 5.74) is 2.58. The van der Waals surface area contributed by atoms with Crippen molar-refractivity contribution in [1.82, 2.24) is 9.80 Å². The monoisotopic (exact) mass is 406 g/mol. The molecule has 2 aliphatic heterocycles. The third-order valence-corrected chi connectivity index (χ3v) is 6.05. The zero-order valence-corrected chi connectivity index (χ0v) is 17.7. The Balaban J connectivity index is 1.30. The molecule has 0 spiro atoms. The van der Waals surface area contributed by atoms with Crippen LogP contribution in [0.3, 0.4) is 0 Å². The van der Waals surface area contributed by atoms with Gasteiger partial charge in [-0.15, -0.1) is 0 Å². The van der Waals surface area contributed by atoms with Crippen molar-refractivity contribution in [2.45, 2.75) is 32.6 Å². The first-order valence-corrected chi connectivity index (χ1v) is 11.0. The van der Waals surface area contributed by atoms with Crippen molar-refractivity contribution in [3.8, 4) is 5.75 Å². The molecule has 5 heteroatoms. The number of nitrogens with zero attached hydrogens (tertiary/aromatic N) is 2. The lowest BCUT2D eigenvalue weighted by Gasteiger charge is -2.32. The second-order valence-corrected chi connectivity index (χ2v) is 8.46. The Bertz CT molecular complexity index is 888. The highest BCUT2D eigenvalue weighted by Crippen LogP contribution is 2.22. The number of benzene rings is 2. The summed E-state index contributed by atoms with van der Waals surface area (Å²) in [6, 6.07) is 15.2. The third kappa shape index (κ3) is 4.84. The molecule has 0 aromatic heterocycles. The molecule has 0 unspecified atom stereocenters. The minimum atomic E-state index is 0.105. The van der Waals surface area contributed by atoms with Gasteiger partial charge in [0, 0.05) is 43.2 Å². The highest BCUT2D eigenvalue weighted by atomic mass is 16.5. The van der Waals surface area contributed by atoms with Gasteiger partial charge >= 0.3 is 0 Å². The van der Waals surface area contributed by atoms with Crippen LogP contribution >= 0.6 is 0 Å². The first-order valence-electron chi connectivity index (χ1n) is 11.0. The van der Waals surface area contributed by atoms with E-state index >= 15 is 0 Å². The van der Waals surface area contributed by atoms with Crippen LogP contribution in [0.2, 0.25) is 0 Å². The van der Waals surface area contributed by atoms with Gasteiger partial charge in [-0.05, 0) is 69.0 Å². The number of likely N-dealkylation sites (tertiary alicyclic amines) is 2. The van der Waals surface area contributed by atoms with E-state index < -0.39 is 0 Å². The van der Waals surface area contributed by atoms with Gasteiger partial charge in [0.2, 0.25) is 0 Å². The predicted octanol–water partition coefficient (Wildman–Crippen LogP) is 4.16. The van der Waals surface area contributed by atoms with Gasteiger partial charge in [-0.2, -0.15) is 0 Å². The van der Waals surface area contributed by atoms with Crippen molar-refractivity contribution in [3.63, 3.8) is 0 Å². The summed E-state index contributed by atoms with van der Waals surface area (Å²) in [4.78, 5) is 29.1. The number of carbonyl (C=O) groups excluding carboxylic acids is 2. The van der Waals surface area contributed by atoms with Gasteiger partial charge in [0.15, 0.2) is 0 Å². The lowest BCUT2D eigenvalue weighted by atomic mass is 9.98. The zero-order valence-electron chi connectivity index (χ0n) is 17.7. The highest BCUT2D eigenvalue weighted by Gasteiger charge is 2.25. The number of carbonyl (C=O) groups is 2. The van der Waals surface area contributed by atoms with Crippen molar-refractivity contribution in [2.75, 3.05) is 32.8 Å². The Kier molecular flexibility index (Phi) is 6.36. The number of aryl methyl sites for hydroxylation is 1. The largest absolute Gasteiger partial charge is 0.493 e. The van der Waals surface area contributed by atoms with Crippen molar-refractivity contribution in [1.29, 1.82) is 0 Å². The summed E-state index contributed by atoms with van der Waals surface area (Å²) in [6.07, 6.45) is 4.24. The molecular weight excluding hydrogens is 376 g/mol. The van der Waals surface area contributed by atoms with E-state index in [0.29, 0.717) is 12.5 Å². The van der Waals surface area contributed by atoms with E-state index in [0.717, 1.165) is 74.3 Å². The number of hydrogen-bond acceptors (Lipinski definition) is 3. The van der Waals surface area contributed by atoms with Crippen molar-refractivity contribution < 1.29 is 14.3 Å². The predicted molar refractivity (Wildman–Crippen MR) is 117 cm³/mol. The molecule has 5 nitrogen and oxygen atoms in total. The number of rotatable bonds is 5. The van der Waals surface area contributed by atoms with Crippen molar-refractivity contribution >= 4 is 11.8 Å². The van der Waals surface area contributed by atoms with Gasteiger partial charge in [0.25, 0.3) is 11.8 Å². The minimum absolute atomic E-state index is 0.105. The molecule has 158 valence electrons. The van der Waals surface area contributed by atoms with Crippen LogP contribution in [0.15, 0.2) is 48.5 Å². The quantitative estimate of drug-likeness (QED) is 0.749. The summed E-state index contributed by atoms with van der Waals surface area (Å²) in [5, 5.41) is 0. The molecule has 2 amide bonds. The average molecular weight is 407 g/mol. The summed E-state index contributed by atoms with van der Waals surface area (Å²) in [5.74, 6) is 1.30. The first-order chi connectivity index (χ1) is 14.6. The fourth-order valence-corrected chi connectivity index (χ4v) is 4.36. The second-order valence-electron chi connectivity index (χ2n) is 8.46. The van der Waals surface area contributed by atoms with E-state index in [1.807, 2.05) is 65.3 Å². The van der Waals surface area contributed by atoms with Gasteiger partial charge in [0.05, 0.1) is 6.61 Å². The zero-order chi connectivity index (χ0) is 20.9. The van der Waals surface area contributed by atoms with Gasteiger partial charge in [0.1, 0.15) is 5.75 Å².